The van der Waals surface area contributed by atoms with E-state index in [1.165, 1.54) is 0 Å². The van der Waals surface area contributed by atoms with Gasteiger partial charge in [-0.1, -0.05) is 24.3 Å². The van der Waals surface area contributed by atoms with Gasteiger partial charge in [-0.15, -0.1) is 0 Å². The van der Waals surface area contributed by atoms with Crippen molar-refractivity contribution in [1.29, 1.82) is 0 Å². The Morgan fingerprint density at radius 3 is 2.88 bits per heavy atom. The summed E-state index contributed by atoms with van der Waals surface area (Å²) in [6, 6.07) is 13.7. The van der Waals surface area contributed by atoms with E-state index in [0.29, 0.717) is 32.5 Å². The standard InChI is InChI=1S/C25H26N6O2/c1-30-14-18-15-31(23(32)10-9-17-12-27-22-8-3-2-7-20(17)22)16-21(24(18)29-30)25(33)28-13-19-6-4-5-11-26-19/h2-8,11-12,14,21,27H,9-10,13,15-16H2,1H3,(H,28,33). The number of fused-ring (bicyclic) bond motifs is 2. The number of pyridine rings is 1. The zero-order valence-corrected chi connectivity index (χ0v) is 18.5. The van der Waals surface area contributed by atoms with Crippen LogP contribution in [0.2, 0.25) is 0 Å². The smallest absolute Gasteiger partial charge is 0.231 e. The quantitative estimate of drug-likeness (QED) is 0.480. The lowest BCUT2D eigenvalue weighted by molar-refractivity contribution is -0.133. The van der Waals surface area contributed by atoms with Crippen LogP contribution in [0.25, 0.3) is 10.9 Å². The molecule has 168 valence electrons. The van der Waals surface area contributed by atoms with Gasteiger partial charge < -0.3 is 15.2 Å². The van der Waals surface area contributed by atoms with Gasteiger partial charge in [0.05, 0.1) is 23.9 Å². The Balaban J connectivity index is 1.28. The minimum atomic E-state index is -0.504. The predicted octanol–water partition coefficient (Wildman–Crippen LogP) is 2.67. The van der Waals surface area contributed by atoms with Crippen LogP contribution in [0.5, 0.6) is 0 Å². The van der Waals surface area contributed by atoms with Crippen molar-refractivity contribution < 1.29 is 9.59 Å². The maximum Gasteiger partial charge on any atom is 0.231 e. The van der Waals surface area contributed by atoms with Crippen LogP contribution in [0.1, 0.15) is 34.9 Å². The van der Waals surface area contributed by atoms with Crippen molar-refractivity contribution in [3.8, 4) is 0 Å². The molecule has 8 nitrogen and oxygen atoms in total. The minimum Gasteiger partial charge on any atom is -0.361 e. The first kappa shape index (κ1) is 20.9. The zero-order valence-electron chi connectivity index (χ0n) is 18.5. The molecule has 5 rings (SSSR count). The average Bonchev–Trinajstić information content (AvgIpc) is 3.43. The number of aryl methyl sites for hydroxylation is 2. The van der Waals surface area contributed by atoms with E-state index in [1.54, 1.807) is 15.8 Å². The third-order valence-corrected chi connectivity index (χ3v) is 6.15. The molecule has 2 N–H and O–H groups in total. The van der Waals surface area contributed by atoms with Gasteiger partial charge in [-0.25, -0.2) is 0 Å². The fourth-order valence-corrected chi connectivity index (χ4v) is 4.49. The second-order valence-corrected chi connectivity index (χ2v) is 8.44. The summed E-state index contributed by atoms with van der Waals surface area (Å²) in [5.74, 6) is -0.609. The van der Waals surface area contributed by atoms with Crippen molar-refractivity contribution in [2.75, 3.05) is 6.54 Å². The fraction of sp³-hybridized carbons (Fsp3) is 0.280. The van der Waals surface area contributed by atoms with Crippen molar-refractivity contribution in [2.45, 2.75) is 31.8 Å². The van der Waals surface area contributed by atoms with Gasteiger partial charge in [0, 0.05) is 61.6 Å². The largest absolute Gasteiger partial charge is 0.361 e. The topological polar surface area (TPSA) is 95.9 Å². The summed E-state index contributed by atoms with van der Waals surface area (Å²) in [6.45, 7) is 1.14. The number of amides is 2. The van der Waals surface area contributed by atoms with Gasteiger partial charge >= 0.3 is 0 Å². The Kier molecular flexibility index (Phi) is 5.64. The summed E-state index contributed by atoms with van der Waals surface area (Å²) in [4.78, 5) is 35.5. The van der Waals surface area contributed by atoms with Crippen LogP contribution < -0.4 is 5.32 Å². The molecule has 2 amide bonds. The monoisotopic (exact) mass is 442 g/mol. The third kappa shape index (κ3) is 4.37. The molecule has 3 aromatic heterocycles. The van der Waals surface area contributed by atoms with Gasteiger partial charge in [0.1, 0.15) is 0 Å². The molecule has 33 heavy (non-hydrogen) atoms. The summed E-state index contributed by atoms with van der Waals surface area (Å²) in [5.41, 5.74) is 4.65. The molecule has 0 fully saturated rings. The maximum atomic E-state index is 13.1. The molecule has 0 aliphatic carbocycles. The maximum absolute atomic E-state index is 13.1. The van der Waals surface area contributed by atoms with Gasteiger partial charge in [0.2, 0.25) is 11.8 Å². The second-order valence-electron chi connectivity index (χ2n) is 8.44. The molecule has 8 heteroatoms. The lowest BCUT2D eigenvalue weighted by atomic mass is 9.95. The van der Waals surface area contributed by atoms with Crippen molar-refractivity contribution in [3.63, 3.8) is 0 Å². The highest BCUT2D eigenvalue weighted by molar-refractivity contribution is 5.86. The Labute approximate surface area is 191 Å². The Bertz CT molecular complexity index is 1290. The van der Waals surface area contributed by atoms with E-state index in [0.717, 1.165) is 33.4 Å². The van der Waals surface area contributed by atoms with E-state index in [2.05, 4.69) is 26.4 Å². The number of rotatable bonds is 6. The molecular formula is C25H26N6O2. The molecule has 0 spiro atoms. The number of carbonyl (C=O) groups is 2. The van der Waals surface area contributed by atoms with Crippen LogP contribution in [-0.4, -0.2) is 43.0 Å². The molecule has 0 saturated heterocycles. The lowest BCUT2D eigenvalue weighted by Gasteiger charge is -2.31. The van der Waals surface area contributed by atoms with E-state index >= 15 is 0 Å². The van der Waals surface area contributed by atoms with Crippen LogP contribution in [0.15, 0.2) is 61.1 Å². The molecule has 4 aromatic rings. The predicted molar refractivity (Wildman–Crippen MR) is 124 cm³/mol. The second kappa shape index (κ2) is 8.90. The SMILES string of the molecule is Cn1cc2c(n1)C(C(=O)NCc1ccccn1)CN(C(=O)CCc1c[nH]c3ccccc13)C2. The molecule has 4 heterocycles. The molecule has 1 aliphatic rings. The first-order chi connectivity index (χ1) is 16.1. The van der Waals surface area contributed by atoms with E-state index in [4.69, 9.17) is 0 Å². The van der Waals surface area contributed by atoms with Crippen LogP contribution in [0, 0.1) is 0 Å². The normalized spacial score (nSPS) is 15.4. The molecule has 0 saturated carbocycles. The summed E-state index contributed by atoms with van der Waals surface area (Å²) >= 11 is 0. The molecule has 0 bridgehead atoms. The first-order valence-corrected chi connectivity index (χ1v) is 11.1. The first-order valence-electron chi connectivity index (χ1n) is 11.1. The summed E-state index contributed by atoms with van der Waals surface area (Å²) in [5, 5.41) is 8.63. The van der Waals surface area contributed by atoms with Crippen molar-refractivity contribution in [3.05, 3.63) is 83.6 Å². The highest BCUT2D eigenvalue weighted by Gasteiger charge is 2.35. The number of hydrogen-bond acceptors (Lipinski definition) is 4. The Morgan fingerprint density at radius 1 is 1.18 bits per heavy atom. The highest BCUT2D eigenvalue weighted by atomic mass is 16.2. The van der Waals surface area contributed by atoms with Crippen LogP contribution in [0.3, 0.4) is 0 Å². The minimum absolute atomic E-state index is 0.0392. The summed E-state index contributed by atoms with van der Waals surface area (Å²) in [7, 11) is 1.84. The molecule has 1 aromatic carbocycles. The number of nitrogens with one attached hydrogen (secondary N) is 2. The Hall–Kier alpha value is -3.94. The fourth-order valence-electron chi connectivity index (χ4n) is 4.49. The molecular weight excluding hydrogens is 416 g/mol. The third-order valence-electron chi connectivity index (χ3n) is 6.15. The molecule has 1 atom stereocenters. The van der Waals surface area contributed by atoms with Crippen molar-refractivity contribution in [1.82, 2.24) is 30.0 Å². The summed E-state index contributed by atoms with van der Waals surface area (Å²) < 4.78 is 1.71. The highest BCUT2D eigenvalue weighted by Crippen LogP contribution is 2.28. The van der Waals surface area contributed by atoms with Gasteiger partial charge in [-0.2, -0.15) is 5.10 Å². The van der Waals surface area contributed by atoms with E-state index in [-0.39, 0.29) is 11.8 Å². The molecule has 0 radical (unpaired) electrons. The van der Waals surface area contributed by atoms with E-state index in [1.807, 2.05) is 55.8 Å². The van der Waals surface area contributed by atoms with E-state index in [9.17, 15) is 9.59 Å². The number of carbonyl (C=O) groups excluding carboxylic acids is 2. The number of nitrogens with zero attached hydrogens (tertiary/aromatic N) is 4. The Morgan fingerprint density at radius 2 is 2.03 bits per heavy atom. The van der Waals surface area contributed by atoms with Crippen molar-refractivity contribution >= 4 is 22.7 Å². The van der Waals surface area contributed by atoms with Gasteiger partial charge in [-0.05, 0) is 30.2 Å². The van der Waals surface area contributed by atoms with E-state index < -0.39 is 5.92 Å². The lowest BCUT2D eigenvalue weighted by Crippen LogP contribution is -2.43. The zero-order chi connectivity index (χ0) is 22.8. The van der Waals surface area contributed by atoms with Gasteiger partial charge in [-0.3, -0.25) is 19.3 Å². The van der Waals surface area contributed by atoms with Crippen molar-refractivity contribution in [2.24, 2.45) is 7.05 Å². The van der Waals surface area contributed by atoms with Crippen LogP contribution in [-0.2, 0) is 36.1 Å². The number of aromatic amines is 1. The van der Waals surface area contributed by atoms with Gasteiger partial charge in [0.15, 0.2) is 0 Å². The average molecular weight is 443 g/mol. The number of hydrogen-bond donors (Lipinski definition) is 2. The number of para-hydroxylation sites is 1. The van der Waals surface area contributed by atoms with Crippen LogP contribution in [0.4, 0.5) is 0 Å². The number of benzene rings is 1. The van der Waals surface area contributed by atoms with Gasteiger partial charge in [0.25, 0.3) is 0 Å². The number of aromatic nitrogens is 4. The molecule has 1 unspecified atom stereocenters. The summed E-state index contributed by atoms with van der Waals surface area (Å²) in [6.07, 6.45) is 6.61. The van der Waals surface area contributed by atoms with Crippen LogP contribution >= 0.6 is 0 Å². The number of H-pyrrole nitrogens is 1. The molecule has 1 aliphatic heterocycles.